The molecule has 4 rings (SSSR count). The molecule has 7 heteroatoms. The van der Waals surface area contributed by atoms with Crippen LogP contribution in [0.4, 0.5) is 0 Å². The minimum Gasteiger partial charge on any atom is -0.493 e. The number of aromatic nitrogens is 2. The molecule has 1 aromatic heterocycles. The van der Waals surface area contributed by atoms with Gasteiger partial charge in [0.15, 0.2) is 11.5 Å². The number of nitrogens with two attached hydrogens (primary N) is 1. The molecule has 7 nitrogen and oxygen atoms in total. The van der Waals surface area contributed by atoms with Crippen LogP contribution in [0.3, 0.4) is 0 Å². The molecule has 3 N–H and O–H groups in total. The number of nitrogens with one attached hydrogen (secondary N) is 1. The number of hydrogen-bond acceptors (Lipinski definition) is 6. The van der Waals surface area contributed by atoms with Crippen molar-refractivity contribution in [3.8, 4) is 34.7 Å². The van der Waals surface area contributed by atoms with Crippen LogP contribution in [0.15, 0.2) is 60.0 Å². The van der Waals surface area contributed by atoms with Crippen LogP contribution in [-0.4, -0.2) is 23.9 Å². The number of allylic oxidation sites excluding steroid dienone is 1. The van der Waals surface area contributed by atoms with E-state index in [1.807, 2.05) is 55.5 Å². The van der Waals surface area contributed by atoms with E-state index < -0.39 is 5.92 Å². The Morgan fingerprint density at radius 1 is 1.21 bits per heavy atom. The molecule has 0 radical (unpaired) electrons. The Morgan fingerprint density at radius 2 is 2.00 bits per heavy atom. The van der Waals surface area contributed by atoms with E-state index in [4.69, 9.17) is 19.9 Å². The van der Waals surface area contributed by atoms with Crippen LogP contribution in [0.2, 0.25) is 0 Å². The Balaban J connectivity index is 1.91. The molecule has 0 saturated carbocycles. The zero-order valence-corrected chi connectivity index (χ0v) is 16.1. The van der Waals surface area contributed by atoms with Crippen molar-refractivity contribution < 1.29 is 14.2 Å². The fourth-order valence-electron chi connectivity index (χ4n) is 3.54. The molecule has 29 heavy (non-hydrogen) atoms. The second-order valence-electron chi connectivity index (χ2n) is 6.45. The average Bonchev–Trinajstić information content (AvgIpc) is 3.17. The van der Waals surface area contributed by atoms with Crippen molar-refractivity contribution in [2.75, 3.05) is 13.7 Å². The third kappa shape index (κ3) is 3.15. The molecule has 2 heterocycles. The minimum absolute atomic E-state index is 0.0453. The normalized spacial score (nSPS) is 15.3. The van der Waals surface area contributed by atoms with Gasteiger partial charge in [-0.15, -0.1) is 5.10 Å². The maximum Gasteiger partial charge on any atom is 0.244 e. The first-order valence-corrected chi connectivity index (χ1v) is 9.19. The first-order chi connectivity index (χ1) is 14.2. The van der Waals surface area contributed by atoms with Gasteiger partial charge >= 0.3 is 0 Å². The number of aromatic amines is 1. The predicted octanol–water partition coefficient (Wildman–Crippen LogP) is 3.70. The van der Waals surface area contributed by atoms with Crippen LogP contribution in [0.5, 0.6) is 17.4 Å². The van der Waals surface area contributed by atoms with Gasteiger partial charge in [-0.1, -0.05) is 36.4 Å². The van der Waals surface area contributed by atoms with E-state index in [-0.39, 0.29) is 5.88 Å². The number of nitriles is 1. The Kier molecular flexibility index (Phi) is 4.83. The molecule has 1 aliphatic heterocycles. The van der Waals surface area contributed by atoms with Crippen molar-refractivity contribution in [1.82, 2.24) is 10.2 Å². The van der Waals surface area contributed by atoms with Crippen LogP contribution >= 0.6 is 0 Å². The average molecular weight is 388 g/mol. The SMILES string of the molecule is CCOc1ccc([C@@H]2C(C#N)=C(N)Oc3n[nH]c(-c4ccccc4)c32)cc1OC. The summed E-state index contributed by atoms with van der Waals surface area (Å²) in [6.45, 7) is 2.43. The number of methoxy groups -OCH3 is 1. The van der Waals surface area contributed by atoms with Crippen molar-refractivity contribution >= 4 is 0 Å². The predicted molar refractivity (Wildman–Crippen MR) is 107 cm³/mol. The smallest absolute Gasteiger partial charge is 0.244 e. The van der Waals surface area contributed by atoms with E-state index in [9.17, 15) is 5.26 Å². The molecule has 0 amide bonds. The fraction of sp³-hybridized carbons (Fsp3) is 0.182. The van der Waals surface area contributed by atoms with Crippen LogP contribution in [0.25, 0.3) is 11.3 Å². The van der Waals surface area contributed by atoms with Crippen molar-refractivity contribution in [2.45, 2.75) is 12.8 Å². The van der Waals surface area contributed by atoms with Crippen LogP contribution in [-0.2, 0) is 0 Å². The number of hydrogen-bond donors (Lipinski definition) is 2. The number of H-pyrrole nitrogens is 1. The van der Waals surface area contributed by atoms with Crippen molar-refractivity contribution in [1.29, 1.82) is 5.26 Å². The van der Waals surface area contributed by atoms with Gasteiger partial charge in [-0.25, -0.2) is 0 Å². The van der Waals surface area contributed by atoms with E-state index >= 15 is 0 Å². The molecular formula is C22H20N4O3. The van der Waals surface area contributed by atoms with E-state index in [1.54, 1.807) is 7.11 Å². The zero-order valence-electron chi connectivity index (χ0n) is 16.1. The Hall–Kier alpha value is -3.92. The Bertz CT molecular complexity index is 1110. The van der Waals surface area contributed by atoms with Gasteiger partial charge in [0.25, 0.3) is 0 Å². The second kappa shape index (κ2) is 7.60. The summed E-state index contributed by atoms with van der Waals surface area (Å²) in [4.78, 5) is 0. The molecule has 1 aliphatic rings. The quantitative estimate of drug-likeness (QED) is 0.690. The summed E-state index contributed by atoms with van der Waals surface area (Å²) in [5.41, 5.74) is 9.67. The molecule has 0 fully saturated rings. The minimum atomic E-state index is -0.456. The van der Waals surface area contributed by atoms with E-state index in [2.05, 4.69) is 16.3 Å². The van der Waals surface area contributed by atoms with Gasteiger partial charge in [-0.2, -0.15) is 5.26 Å². The zero-order chi connectivity index (χ0) is 20.4. The molecule has 1 atom stereocenters. The van der Waals surface area contributed by atoms with Crippen LogP contribution < -0.4 is 19.9 Å². The molecule has 0 aliphatic carbocycles. The van der Waals surface area contributed by atoms with Gasteiger partial charge in [-0.05, 0) is 30.2 Å². The lowest BCUT2D eigenvalue weighted by atomic mass is 9.83. The van der Waals surface area contributed by atoms with Gasteiger partial charge < -0.3 is 19.9 Å². The van der Waals surface area contributed by atoms with Crippen molar-refractivity contribution in [3.63, 3.8) is 0 Å². The van der Waals surface area contributed by atoms with Gasteiger partial charge in [0.05, 0.1) is 30.9 Å². The first-order valence-electron chi connectivity index (χ1n) is 9.19. The van der Waals surface area contributed by atoms with Crippen molar-refractivity contribution in [3.05, 3.63) is 71.1 Å². The number of rotatable bonds is 5. The fourth-order valence-corrected chi connectivity index (χ4v) is 3.54. The molecule has 2 aromatic carbocycles. The van der Waals surface area contributed by atoms with Gasteiger partial charge in [0.1, 0.15) is 11.6 Å². The number of benzene rings is 2. The summed E-state index contributed by atoms with van der Waals surface area (Å²) < 4.78 is 16.8. The van der Waals surface area contributed by atoms with Gasteiger partial charge in [0.2, 0.25) is 11.8 Å². The Morgan fingerprint density at radius 3 is 2.69 bits per heavy atom. The number of ether oxygens (including phenoxy) is 3. The standard InChI is InChI=1S/C22H20N4O3/c1-3-28-16-10-9-14(11-17(16)27-2)18-15(12-23)21(24)29-22-19(18)20(25-26-22)13-7-5-4-6-8-13/h4-11,18H,3,24H2,1-2H3,(H,25,26)/t18-/m1/s1. The molecule has 0 unspecified atom stereocenters. The summed E-state index contributed by atoms with van der Waals surface area (Å²) in [6, 6.07) is 17.6. The largest absolute Gasteiger partial charge is 0.493 e. The summed E-state index contributed by atoms with van der Waals surface area (Å²) in [6.07, 6.45) is 0. The van der Waals surface area contributed by atoms with Crippen LogP contribution in [0.1, 0.15) is 24.0 Å². The summed E-state index contributed by atoms with van der Waals surface area (Å²) in [7, 11) is 1.58. The maximum absolute atomic E-state index is 9.83. The molecule has 0 saturated heterocycles. The van der Waals surface area contributed by atoms with E-state index in [1.165, 1.54) is 0 Å². The molecule has 0 bridgehead atoms. The highest BCUT2D eigenvalue weighted by atomic mass is 16.5. The summed E-state index contributed by atoms with van der Waals surface area (Å²) in [5, 5.41) is 17.2. The van der Waals surface area contributed by atoms with Crippen molar-refractivity contribution in [2.24, 2.45) is 5.73 Å². The monoisotopic (exact) mass is 388 g/mol. The summed E-state index contributed by atoms with van der Waals surface area (Å²) in [5.74, 6) is 1.17. The second-order valence-corrected chi connectivity index (χ2v) is 6.45. The molecule has 146 valence electrons. The number of fused-ring (bicyclic) bond motifs is 1. The lowest BCUT2D eigenvalue weighted by molar-refractivity contribution is 0.310. The van der Waals surface area contributed by atoms with Crippen LogP contribution in [0, 0.1) is 11.3 Å². The highest BCUT2D eigenvalue weighted by Gasteiger charge is 2.36. The lowest BCUT2D eigenvalue weighted by Gasteiger charge is -2.24. The lowest BCUT2D eigenvalue weighted by Crippen LogP contribution is -2.21. The topological polar surface area (TPSA) is 106 Å². The van der Waals surface area contributed by atoms with E-state index in [0.717, 1.165) is 22.4 Å². The highest BCUT2D eigenvalue weighted by Crippen LogP contribution is 2.46. The maximum atomic E-state index is 9.83. The van der Waals surface area contributed by atoms with Gasteiger partial charge in [0, 0.05) is 0 Å². The van der Waals surface area contributed by atoms with Gasteiger partial charge in [-0.3, -0.25) is 5.10 Å². The van der Waals surface area contributed by atoms with E-state index in [0.29, 0.717) is 29.6 Å². The molecule has 0 spiro atoms. The molecule has 3 aromatic rings. The molecular weight excluding hydrogens is 368 g/mol. The third-order valence-electron chi connectivity index (χ3n) is 4.82. The highest BCUT2D eigenvalue weighted by molar-refractivity contribution is 5.71. The Labute approximate surface area is 168 Å². The number of nitrogens with zero attached hydrogens (tertiary/aromatic N) is 2. The third-order valence-corrected chi connectivity index (χ3v) is 4.82. The summed E-state index contributed by atoms with van der Waals surface area (Å²) >= 11 is 0. The first kappa shape index (κ1) is 18.4.